The molecule has 0 aromatic rings. The summed E-state index contributed by atoms with van der Waals surface area (Å²) in [5, 5.41) is 0. The van der Waals surface area contributed by atoms with Crippen LogP contribution in [0, 0.1) is 5.92 Å². The Morgan fingerprint density at radius 2 is 2.31 bits per heavy atom. The van der Waals surface area contributed by atoms with Gasteiger partial charge in [-0.05, 0) is 18.8 Å². The number of ether oxygens (including phenoxy) is 1. The molecule has 0 aliphatic carbocycles. The van der Waals surface area contributed by atoms with Gasteiger partial charge in [0.2, 0.25) is 0 Å². The van der Waals surface area contributed by atoms with Crippen LogP contribution in [-0.4, -0.2) is 12.6 Å². The number of rotatable bonds is 6. The highest BCUT2D eigenvalue weighted by Gasteiger charge is 2.04. The molecule has 0 N–H and O–H groups in total. The average molecular weight is 185 g/mol. The predicted molar refractivity (Wildman–Crippen MR) is 54.5 cm³/mol. The van der Waals surface area contributed by atoms with E-state index in [0.29, 0.717) is 25.8 Å². The van der Waals surface area contributed by atoms with E-state index in [1.807, 2.05) is 26.0 Å². The average Bonchev–Trinajstić information content (AvgIpc) is 2.10. The van der Waals surface area contributed by atoms with Crippen LogP contribution >= 0.6 is 0 Å². The standard InChI is InChI=1S/C11H20O2/c1-4-5-6-7-8-13-11(12)9-10(2)3/h5-6,10H,4,7-9H2,1-3H3/b6-5-/i1D. The van der Waals surface area contributed by atoms with Gasteiger partial charge < -0.3 is 4.74 Å². The molecule has 0 saturated carbocycles. The van der Waals surface area contributed by atoms with Crippen molar-refractivity contribution in [2.45, 2.75) is 40.0 Å². The highest BCUT2D eigenvalue weighted by Crippen LogP contribution is 2.01. The monoisotopic (exact) mass is 185 g/mol. The van der Waals surface area contributed by atoms with E-state index in [2.05, 4.69) is 0 Å². The van der Waals surface area contributed by atoms with Crippen LogP contribution in [0.5, 0.6) is 0 Å². The van der Waals surface area contributed by atoms with Crippen molar-refractivity contribution in [3.05, 3.63) is 12.2 Å². The van der Waals surface area contributed by atoms with Crippen molar-refractivity contribution in [3.8, 4) is 0 Å². The lowest BCUT2D eigenvalue weighted by atomic mass is 10.1. The minimum absolute atomic E-state index is 0.117. The highest BCUT2D eigenvalue weighted by molar-refractivity contribution is 5.69. The first-order chi connectivity index (χ1) is 6.66. The van der Waals surface area contributed by atoms with Crippen LogP contribution in [0.1, 0.15) is 41.4 Å². The molecule has 0 aromatic carbocycles. The first-order valence-electron chi connectivity index (χ1n) is 5.47. The maximum atomic E-state index is 11.1. The van der Waals surface area contributed by atoms with E-state index < -0.39 is 0 Å². The molecule has 76 valence electrons. The third kappa shape index (κ3) is 9.12. The fourth-order valence-corrected chi connectivity index (χ4v) is 0.869. The maximum Gasteiger partial charge on any atom is 0.306 e. The topological polar surface area (TPSA) is 26.3 Å². The first kappa shape index (κ1) is 10.3. The minimum Gasteiger partial charge on any atom is -0.465 e. The second-order valence-electron chi connectivity index (χ2n) is 3.37. The zero-order chi connectivity index (χ0) is 10.8. The third-order valence-corrected chi connectivity index (χ3v) is 1.46. The smallest absolute Gasteiger partial charge is 0.306 e. The largest absolute Gasteiger partial charge is 0.465 e. The molecule has 0 fully saturated rings. The van der Waals surface area contributed by atoms with Crippen molar-refractivity contribution in [2.75, 3.05) is 6.61 Å². The molecule has 2 heteroatoms. The third-order valence-electron chi connectivity index (χ3n) is 1.46. The number of esters is 1. The molecular formula is C11H20O2. The van der Waals surface area contributed by atoms with E-state index in [9.17, 15) is 4.79 Å². The molecular weight excluding hydrogens is 164 g/mol. The second-order valence-corrected chi connectivity index (χ2v) is 3.37. The molecule has 0 radical (unpaired) electrons. The summed E-state index contributed by atoms with van der Waals surface area (Å²) in [7, 11) is 0. The van der Waals surface area contributed by atoms with Gasteiger partial charge in [0.15, 0.2) is 0 Å². The zero-order valence-electron chi connectivity index (χ0n) is 9.58. The minimum atomic E-state index is -0.117. The lowest BCUT2D eigenvalue weighted by Crippen LogP contribution is -2.08. The molecule has 0 aromatic heterocycles. The summed E-state index contributed by atoms with van der Waals surface area (Å²) in [6, 6.07) is 0. The summed E-state index contributed by atoms with van der Waals surface area (Å²) < 4.78 is 11.9. The SMILES string of the molecule is [2H]CC/C=C\CCOC(=O)CC(C)C. The van der Waals surface area contributed by atoms with Crippen LogP contribution in [0.2, 0.25) is 0 Å². The van der Waals surface area contributed by atoms with Crippen molar-refractivity contribution in [2.24, 2.45) is 5.92 Å². The van der Waals surface area contributed by atoms with Gasteiger partial charge in [-0.1, -0.05) is 32.9 Å². The molecule has 2 nitrogen and oxygen atoms in total. The van der Waals surface area contributed by atoms with Crippen LogP contribution in [0.4, 0.5) is 0 Å². The first-order valence-corrected chi connectivity index (χ1v) is 4.76. The normalized spacial score (nSPS) is 12.1. The zero-order valence-corrected chi connectivity index (χ0v) is 8.58. The Balaban J connectivity index is 3.31. The van der Waals surface area contributed by atoms with Gasteiger partial charge in [-0.3, -0.25) is 4.79 Å². The predicted octanol–water partition coefficient (Wildman–Crippen LogP) is 2.93. The molecule has 0 amide bonds. The van der Waals surface area contributed by atoms with Gasteiger partial charge in [-0.25, -0.2) is 0 Å². The van der Waals surface area contributed by atoms with Crippen molar-refractivity contribution in [1.29, 1.82) is 0 Å². The van der Waals surface area contributed by atoms with Gasteiger partial charge in [-0.2, -0.15) is 0 Å². The van der Waals surface area contributed by atoms with E-state index in [-0.39, 0.29) is 5.97 Å². The van der Waals surface area contributed by atoms with Crippen LogP contribution in [-0.2, 0) is 9.53 Å². The molecule has 0 bridgehead atoms. The summed E-state index contributed by atoms with van der Waals surface area (Å²) in [4.78, 5) is 11.1. The fourth-order valence-electron chi connectivity index (χ4n) is 0.869. The van der Waals surface area contributed by atoms with Crippen molar-refractivity contribution in [1.82, 2.24) is 0 Å². The Kier molecular flexibility index (Phi) is 6.21. The summed E-state index contributed by atoms with van der Waals surface area (Å²) in [5.74, 6) is 0.246. The van der Waals surface area contributed by atoms with Gasteiger partial charge in [0.05, 0.1) is 6.61 Å². The van der Waals surface area contributed by atoms with Gasteiger partial charge in [0.1, 0.15) is 0 Å². The van der Waals surface area contributed by atoms with E-state index >= 15 is 0 Å². The Morgan fingerprint density at radius 1 is 1.54 bits per heavy atom. The molecule has 13 heavy (non-hydrogen) atoms. The van der Waals surface area contributed by atoms with Crippen molar-refractivity contribution in [3.63, 3.8) is 0 Å². The van der Waals surface area contributed by atoms with E-state index in [4.69, 9.17) is 6.11 Å². The van der Waals surface area contributed by atoms with E-state index in [1.54, 1.807) is 0 Å². The van der Waals surface area contributed by atoms with Gasteiger partial charge in [0, 0.05) is 7.79 Å². The summed E-state index contributed by atoms with van der Waals surface area (Å²) in [5.41, 5.74) is 0. The van der Waals surface area contributed by atoms with E-state index in [1.165, 1.54) is 0 Å². The molecule has 0 spiro atoms. The van der Waals surface area contributed by atoms with Crippen LogP contribution in [0.3, 0.4) is 0 Å². The summed E-state index contributed by atoms with van der Waals surface area (Å²) in [6.07, 6.45) is 5.93. The molecule has 0 aliphatic heterocycles. The molecule has 0 aliphatic rings. The summed E-state index contributed by atoms with van der Waals surface area (Å²) in [6.45, 7) is 4.87. The fraction of sp³-hybridized carbons (Fsp3) is 0.727. The number of hydrogen-bond acceptors (Lipinski definition) is 2. The maximum absolute atomic E-state index is 11.1. The molecule has 0 heterocycles. The Hall–Kier alpha value is -0.790. The Morgan fingerprint density at radius 3 is 2.92 bits per heavy atom. The van der Waals surface area contributed by atoms with Crippen molar-refractivity contribution >= 4 is 5.97 Å². The van der Waals surface area contributed by atoms with Crippen molar-refractivity contribution < 1.29 is 10.9 Å². The van der Waals surface area contributed by atoms with Crippen LogP contribution < -0.4 is 0 Å². The second kappa shape index (κ2) is 7.84. The molecule has 0 unspecified atom stereocenters. The van der Waals surface area contributed by atoms with Gasteiger partial charge in [-0.15, -0.1) is 0 Å². The quantitative estimate of drug-likeness (QED) is 0.361. The van der Waals surface area contributed by atoms with Crippen LogP contribution in [0.15, 0.2) is 12.2 Å². The van der Waals surface area contributed by atoms with E-state index in [0.717, 1.165) is 12.8 Å². The Labute approximate surface area is 82.4 Å². The van der Waals surface area contributed by atoms with Gasteiger partial charge in [0.25, 0.3) is 0 Å². The Bertz CT molecular complexity index is 176. The lowest BCUT2D eigenvalue weighted by molar-refractivity contribution is -0.144. The number of hydrogen-bond donors (Lipinski definition) is 0. The number of carbonyl (C=O) groups excluding carboxylic acids is 1. The molecule has 0 atom stereocenters. The summed E-state index contributed by atoms with van der Waals surface area (Å²) >= 11 is 0. The lowest BCUT2D eigenvalue weighted by Gasteiger charge is -2.04. The number of carbonyl (C=O) groups is 1. The highest BCUT2D eigenvalue weighted by atomic mass is 16.5. The molecule has 0 saturated heterocycles. The number of allylic oxidation sites excluding steroid dienone is 1. The van der Waals surface area contributed by atoms with Gasteiger partial charge >= 0.3 is 5.97 Å². The molecule has 0 rings (SSSR count). The van der Waals surface area contributed by atoms with Crippen LogP contribution in [0.25, 0.3) is 0 Å².